The summed E-state index contributed by atoms with van der Waals surface area (Å²) >= 11 is 0. The zero-order valence-electron chi connectivity index (χ0n) is 17.7. The highest BCUT2D eigenvalue weighted by Gasteiger charge is 2.34. The maximum absolute atomic E-state index is 12.6. The molecule has 2 unspecified atom stereocenters. The number of nitrogens with zero attached hydrogens (tertiary/aromatic N) is 1. The van der Waals surface area contributed by atoms with Crippen LogP contribution in [0.2, 0.25) is 0 Å². The SMILES string of the molecule is CCCOC(=O)CC1COc2ccc(NC(=O)c3ccc(C#N)cc3)cc2C1OCC. The minimum Gasteiger partial charge on any atom is -0.493 e. The lowest BCUT2D eigenvalue weighted by Gasteiger charge is -2.33. The minimum absolute atomic E-state index is 0.179. The Kier molecular flexibility index (Phi) is 7.63. The Balaban J connectivity index is 1.77. The molecule has 0 bridgehead atoms. The van der Waals surface area contributed by atoms with Crippen LogP contribution in [-0.4, -0.2) is 31.7 Å². The molecule has 0 saturated heterocycles. The van der Waals surface area contributed by atoms with E-state index in [0.29, 0.717) is 42.4 Å². The predicted octanol–water partition coefficient (Wildman–Crippen LogP) is 4.24. The van der Waals surface area contributed by atoms with E-state index >= 15 is 0 Å². The number of benzene rings is 2. The first-order chi connectivity index (χ1) is 15.0. The van der Waals surface area contributed by atoms with Crippen LogP contribution >= 0.6 is 0 Å². The van der Waals surface area contributed by atoms with Crippen molar-refractivity contribution in [1.29, 1.82) is 5.26 Å². The summed E-state index contributed by atoms with van der Waals surface area (Å²) in [6.45, 7) is 5.08. The van der Waals surface area contributed by atoms with E-state index < -0.39 is 0 Å². The van der Waals surface area contributed by atoms with Gasteiger partial charge >= 0.3 is 5.97 Å². The number of esters is 1. The topological polar surface area (TPSA) is 97.6 Å². The van der Waals surface area contributed by atoms with E-state index in [0.717, 1.165) is 12.0 Å². The summed E-state index contributed by atoms with van der Waals surface area (Å²) in [6.07, 6.45) is 0.633. The molecule has 0 saturated carbocycles. The summed E-state index contributed by atoms with van der Waals surface area (Å²) in [7, 11) is 0. The summed E-state index contributed by atoms with van der Waals surface area (Å²) in [4.78, 5) is 24.7. The smallest absolute Gasteiger partial charge is 0.306 e. The van der Waals surface area contributed by atoms with Gasteiger partial charge in [0.15, 0.2) is 0 Å². The summed E-state index contributed by atoms with van der Waals surface area (Å²) in [5.74, 6) is -0.0584. The van der Waals surface area contributed by atoms with Gasteiger partial charge in [-0.05, 0) is 55.8 Å². The number of hydrogen-bond acceptors (Lipinski definition) is 6. The number of nitriles is 1. The average Bonchev–Trinajstić information content (AvgIpc) is 2.79. The van der Waals surface area contributed by atoms with Crippen LogP contribution in [0.3, 0.4) is 0 Å². The molecule has 0 aromatic heterocycles. The molecule has 162 valence electrons. The second-order valence-electron chi connectivity index (χ2n) is 7.27. The normalized spacial score (nSPS) is 17.1. The zero-order valence-corrected chi connectivity index (χ0v) is 17.7. The lowest BCUT2D eigenvalue weighted by molar-refractivity contribution is -0.147. The Morgan fingerprint density at radius 1 is 1.19 bits per heavy atom. The van der Waals surface area contributed by atoms with E-state index in [-0.39, 0.29) is 30.3 Å². The van der Waals surface area contributed by atoms with Gasteiger partial charge in [-0.25, -0.2) is 0 Å². The largest absolute Gasteiger partial charge is 0.493 e. The summed E-state index contributed by atoms with van der Waals surface area (Å²) < 4.78 is 17.0. The molecule has 0 spiro atoms. The quantitative estimate of drug-likeness (QED) is 0.639. The molecule has 7 heteroatoms. The van der Waals surface area contributed by atoms with Crippen LogP contribution in [-0.2, 0) is 14.3 Å². The number of carbonyl (C=O) groups is 2. The van der Waals surface area contributed by atoms with Crippen molar-refractivity contribution in [2.24, 2.45) is 5.92 Å². The Morgan fingerprint density at radius 3 is 2.65 bits per heavy atom. The van der Waals surface area contributed by atoms with Crippen molar-refractivity contribution >= 4 is 17.6 Å². The number of fused-ring (bicyclic) bond motifs is 1. The Labute approximate surface area is 181 Å². The lowest BCUT2D eigenvalue weighted by atomic mass is 9.90. The van der Waals surface area contributed by atoms with Crippen molar-refractivity contribution in [3.05, 3.63) is 59.2 Å². The maximum atomic E-state index is 12.6. The summed E-state index contributed by atoms with van der Waals surface area (Å²) in [5.41, 5.74) is 2.33. The fraction of sp³-hybridized carbons (Fsp3) is 0.375. The molecule has 3 rings (SSSR count). The third kappa shape index (κ3) is 5.62. The average molecular weight is 422 g/mol. The lowest BCUT2D eigenvalue weighted by Crippen LogP contribution is -2.30. The molecule has 1 heterocycles. The van der Waals surface area contributed by atoms with Crippen LogP contribution in [0.1, 0.15) is 54.3 Å². The zero-order chi connectivity index (χ0) is 22.2. The first-order valence-corrected chi connectivity index (χ1v) is 10.4. The van der Waals surface area contributed by atoms with E-state index in [1.807, 2.05) is 26.0 Å². The van der Waals surface area contributed by atoms with Gasteiger partial charge < -0.3 is 19.5 Å². The third-order valence-corrected chi connectivity index (χ3v) is 4.97. The predicted molar refractivity (Wildman–Crippen MR) is 115 cm³/mol. The fourth-order valence-corrected chi connectivity index (χ4v) is 3.48. The van der Waals surface area contributed by atoms with Crippen LogP contribution in [0.5, 0.6) is 5.75 Å². The van der Waals surface area contributed by atoms with Crippen molar-refractivity contribution in [2.75, 3.05) is 25.1 Å². The van der Waals surface area contributed by atoms with E-state index in [1.54, 1.807) is 36.4 Å². The minimum atomic E-state index is -0.338. The highest BCUT2D eigenvalue weighted by Crippen LogP contribution is 2.41. The molecule has 0 aliphatic carbocycles. The van der Waals surface area contributed by atoms with Gasteiger partial charge in [-0.1, -0.05) is 6.92 Å². The highest BCUT2D eigenvalue weighted by atomic mass is 16.5. The van der Waals surface area contributed by atoms with Gasteiger partial charge in [0.2, 0.25) is 0 Å². The second-order valence-corrected chi connectivity index (χ2v) is 7.27. The third-order valence-electron chi connectivity index (χ3n) is 4.97. The molecule has 2 aromatic carbocycles. The van der Waals surface area contributed by atoms with Crippen LogP contribution in [0.25, 0.3) is 0 Å². The van der Waals surface area contributed by atoms with Gasteiger partial charge in [-0.2, -0.15) is 5.26 Å². The number of anilines is 1. The van der Waals surface area contributed by atoms with Crippen LogP contribution < -0.4 is 10.1 Å². The van der Waals surface area contributed by atoms with Gasteiger partial charge in [-0.3, -0.25) is 9.59 Å². The van der Waals surface area contributed by atoms with Crippen LogP contribution in [0.4, 0.5) is 5.69 Å². The molecule has 0 radical (unpaired) electrons. The van der Waals surface area contributed by atoms with Gasteiger partial charge in [0.1, 0.15) is 5.75 Å². The van der Waals surface area contributed by atoms with E-state index in [4.69, 9.17) is 19.5 Å². The Bertz CT molecular complexity index is 965. The van der Waals surface area contributed by atoms with Gasteiger partial charge in [0.25, 0.3) is 5.91 Å². The molecule has 1 aliphatic heterocycles. The molecule has 7 nitrogen and oxygen atoms in total. The summed E-state index contributed by atoms with van der Waals surface area (Å²) in [5, 5.41) is 11.8. The molecule has 1 amide bonds. The molecule has 31 heavy (non-hydrogen) atoms. The van der Waals surface area contributed by atoms with Gasteiger partial charge in [0, 0.05) is 29.3 Å². The van der Waals surface area contributed by atoms with Crippen molar-refractivity contribution in [3.8, 4) is 11.8 Å². The van der Waals surface area contributed by atoms with Crippen molar-refractivity contribution in [2.45, 2.75) is 32.8 Å². The van der Waals surface area contributed by atoms with Gasteiger partial charge in [0.05, 0.1) is 37.4 Å². The summed E-state index contributed by atoms with van der Waals surface area (Å²) in [6, 6.07) is 13.8. The molecular formula is C24H26N2O5. The number of carbonyl (C=O) groups excluding carboxylic acids is 2. The van der Waals surface area contributed by atoms with Crippen molar-refractivity contribution < 1.29 is 23.8 Å². The van der Waals surface area contributed by atoms with Crippen molar-refractivity contribution in [1.82, 2.24) is 0 Å². The van der Waals surface area contributed by atoms with Gasteiger partial charge in [-0.15, -0.1) is 0 Å². The number of ether oxygens (including phenoxy) is 3. The fourth-order valence-electron chi connectivity index (χ4n) is 3.48. The first-order valence-electron chi connectivity index (χ1n) is 10.4. The number of amides is 1. The second kappa shape index (κ2) is 10.6. The first kappa shape index (κ1) is 22.3. The van der Waals surface area contributed by atoms with E-state index in [2.05, 4.69) is 5.32 Å². The maximum Gasteiger partial charge on any atom is 0.306 e. The molecule has 1 N–H and O–H groups in total. The van der Waals surface area contributed by atoms with Crippen LogP contribution in [0.15, 0.2) is 42.5 Å². The molecular weight excluding hydrogens is 396 g/mol. The number of rotatable bonds is 8. The molecule has 2 aromatic rings. The Hall–Kier alpha value is -3.37. The standard InChI is InChI=1S/C24H26N2O5/c1-3-11-30-22(27)12-18-15-31-21-10-9-19(13-20(21)23(18)29-4-2)26-24(28)17-7-5-16(14-25)6-8-17/h5-10,13,18,23H,3-4,11-12,15H2,1-2H3,(H,26,28). The number of nitrogens with one attached hydrogen (secondary N) is 1. The molecule has 0 fully saturated rings. The Morgan fingerprint density at radius 2 is 1.97 bits per heavy atom. The number of hydrogen-bond donors (Lipinski definition) is 1. The molecule has 1 aliphatic rings. The van der Waals surface area contributed by atoms with Crippen molar-refractivity contribution in [3.63, 3.8) is 0 Å². The molecule has 2 atom stereocenters. The van der Waals surface area contributed by atoms with E-state index in [1.165, 1.54) is 0 Å². The highest BCUT2D eigenvalue weighted by molar-refractivity contribution is 6.04. The van der Waals surface area contributed by atoms with Crippen LogP contribution in [0, 0.1) is 17.2 Å². The monoisotopic (exact) mass is 422 g/mol. The van der Waals surface area contributed by atoms with E-state index in [9.17, 15) is 9.59 Å².